The highest BCUT2D eigenvalue weighted by Crippen LogP contribution is 2.19. The predicted octanol–water partition coefficient (Wildman–Crippen LogP) is 2.14. The van der Waals surface area contributed by atoms with E-state index in [2.05, 4.69) is 12.1 Å². The van der Waals surface area contributed by atoms with Crippen LogP contribution in [0.3, 0.4) is 0 Å². The van der Waals surface area contributed by atoms with Crippen molar-refractivity contribution in [3.63, 3.8) is 0 Å². The van der Waals surface area contributed by atoms with Crippen LogP contribution < -0.4 is 0 Å². The zero-order valence-corrected chi connectivity index (χ0v) is 11.6. The molecule has 1 aromatic heterocycles. The van der Waals surface area contributed by atoms with Crippen molar-refractivity contribution in [2.45, 2.75) is 26.3 Å². The third-order valence-electron chi connectivity index (χ3n) is 3.98. The van der Waals surface area contributed by atoms with Gasteiger partial charge in [-0.25, -0.2) is 0 Å². The number of carbonyl (C=O) groups is 2. The van der Waals surface area contributed by atoms with Crippen LogP contribution in [-0.2, 0) is 16.1 Å². The van der Waals surface area contributed by atoms with Crippen LogP contribution >= 0.6 is 0 Å². The second-order valence-electron chi connectivity index (χ2n) is 5.35. The van der Waals surface area contributed by atoms with Gasteiger partial charge in [0.05, 0.1) is 0 Å². The summed E-state index contributed by atoms with van der Waals surface area (Å²) in [5, 5.41) is 1.16. The molecule has 3 rings (SSSR count). The van der Waals surface area contributed by atoms with Gasteiger partial charge in [-0.2, -0.15) is 0 Å². The van der Waals surface area contributed by atoms with Crippen LogP contribution in [-0.4, -0.2) is 34.2 Å². The molecule has 1 aliphatic heterocycles. The molecule has 4 nitrogen and oxygen atoms in total. The number of hydrogen-bond acceptors (Lipinski definition) is 2. The molecule has 0 spiro atoms. The third-order valence-corrected chi connectivity index (χ3v) is 3.98. The van der Waals surface area contributed by atoms with Crippen molar-refractivity contribution in [2.24, 2.45) is 0 Å². The van der Waals surface area contributed by atoms with Gasteiger partial charge in [0.1, 0.15) is 12.3 Å². The molecule has 2 heterocycles. The lowest BCUT2D eigenvalue weighted by molar-refractivity contribution is -0.135. The zero-order chi connectivity index (χ0) is 14.1. The van der Waals surface area contributed by atoms with Crippen molar-refractivity contribution in [2.75, 3.05) is 13.1 Å². The van der Waals surface area contributed by atoms with E-state index in [0.717, 1.165) is 16.6 Å². The summed E-state index contributed by atoms with van der Waals surface area (Å²) in [6.07, 6.45) is 0.994. The van der Waals surface area contributed by atoms with E-state index < -0.39 is 0 Å². The van der Waals surface area contributed by atoms with Gasteiger partial charge in [0.15, 0.2) is 0 Å². The maximum atomic E-state index is 12.4. The highest BCUT2D eigenvalue weighted by molar-refractivity contribution is 5.86. The zero-order valence-electron chi connectivity index (χ0n) is 11.6. The number of ketones is 1. The number of para-hydroxylation sites is 1. The number of piperidine rings is 1. The standard InChI is InChI=1S/C16H18N2O2/c1-12-10-13-4-2-3-5-15(13)18(12)11-16(20)17-8-6-14(19)7-9-17/h2-5,10H,6-9,11H2,1H3. The molecule has 0 bridgehead atoms. The van der Waals surface area contributed by atoms with E-state index in [-0.39, 0.29) is 11.7 Å². The molecule has 0 N–H and O–H groups in total. The first-order valence-corrected chi connectivity index (χ1v) is 6.99. The Balaban J connectivity index is 1.81. The summed E-state index contributed by atoms with van der Waals surface area (Å²) in [4.78, 5) is 25.4. The Hall–Kier alpha value is -2.10. The lowest BCUT2D eigenvalue weighted by atomic mass is 10.1. The van der Waals surface area contributed by atoms with Gasteiger partial charge in [-0.05, 0) is 24.4 Å². The van der Waals surface area contributed by atoms with Gasteiger partial charge >= 0.3 is 0 Å². The largest absolute Gasteiger partial charge is 0.340 e. The minimum absolute atomic E-state index is 0.0990. The molecule has 0 aliphatic carbocycles. The van der Waals surface area contributed by atoms with E-state index in [4.69, 9.17) is 0 Å². The number of carbonyl (C=O) groups excluding carboxylic acids is 2. The van der Waals surface area contributed by atoms with Crippen LogP contribution in [0.15, 0.2) is 30.3 Å². The van der Waals surface area contributed by atoms with E-state index >= 15 is 0 Å². The minimum atomic E-state index is 0.0990. The number of aryl methyl sites for hydroxylation is 1. The van der Waals surface area contributed by atoms with Gasteiger partial charge in [-0.15, -0.1) is 0 Å². The van der Waals surface area contributed by atoms with Gasteiger partial charge in [-0.3, -0.25) is 9.59 Å². The molecule has 1 aliphatic rings. The molecule has 1 aromatic carbocycles. The Morgan fingerprint density at radius 3 is 2.65 bits per heavy atom. The SMILES string of the molecule is Cc1cc2ccccc2n1CC(=O)N1CCC(=O)CC1. The summed E-state index contributed by atoms with van der Waals surface area (Å²) < 4.78 is 2.05. The van der Waals surface area contributed by atoms with Crippen molar-refractivity contribution in [1.29, 1.82) is 0 Å². The van der Waals surface area contributed by atoms with E-state index in [9.17, 15) is 9.59 Å². The van der Waals surface area contributed by atoms with Gasteiger partial charge in [0.25, 0.3) is 0 Å². The van der Waals surface area contributed by atoms with Crippen LogP contribution in [0.4, 0.5) is 0 Å². The predicted molar refractivity (Wildman–Crippen MR) is 77.5 cm³/mol. The number of likely N-dealkylation sites (tertiary alicyclic amines) is 1. The van der Waals surface area contributed by atoms with E-state index in [1.54, 1.807) is 4.90 Å². The number of aromatic nitrogens is 1. The van der Waals surface area contributed by atoms with Crippen molar-refractivity contribution < 1.29 is 9.59 Å². The molecule has 0 unspecified atom stereocenters. The Morgan fingerprint density at radius 2 is 1.90 bits per heavy atom. The molecular formula is C16H18N2O2. The molecule has 2 aromatic rings. The number of fused-ring (bicyclic) bond motifs is 1. The third kappa shape index (κ3) is 2.33. The number of benzene rings is 1. The van der Waals surface area contributed by atoms with E-state index in [1.165, 1.54) is 0 Å². The number of Topliss-reactive ketones (excluding diaryl/α,β-unsaturated/α-hetero) is 1. The highest BCUT2D eigenvalue weighted by Gasteiger charge is 2.21. The molecular weight excluding hydrogens is 252 g/mol. The second kappa shape index (κ2) is 5.12. The first-order valence-electron chi connectivity index (χ1n) is 6.99. The van der Waals surface area contributed by atoms with Gasteiger partial charge in [0, 0.05) is 37.1 Å². The lowest BCUT2D eigenvalue weighted by Crippen LogP contribution is -2.40. The first-order chi connectivity index (χ1) is 9.65. The van der Waals surface area contributed by atoms with Crippen molar-refractivity contribution >= 4 is 22.6 Å². The Kier molecular flexibility index (Phi) is 3.30. The van der Waals surface area contributed by atoms with E-state index in [1.807, 2.05) is 29.7 Å². The maximum Gasteiger partial charge on any atom is 0.242 e. The summed E-state index contributed by atoms with van der Waals surface area (Å²) in [6, 6.07) is 10.2. The summed E-state index contributed by atoms with van der Waals surface area (Å²) in [6.45, 7) is 3.51. The number of hydrogen-bond donors (Lipinski definition) is 0. The quantitative estimate of drug-likeness (QED) is 0.839. The summed E-state index contributed by atoms with van der Waals surface area (Å²) in [5.74, 6) is 0.360. The molecule has 1 fully saturated rings. The average Bonchev–Trinajstić information content (AvgIpc) is 2.76. The van der Waals surface area contributed by atoms with Crippen molar-refractivity contribution in [3.05, 3.63) is 36.0 Å². The summed E-state index contributed by atoms with van der Waals surface area (Å²) >= 11 is 0. The van der Waals surface area contributed by atoms with Gasteiger partial charge < -0.3 is 9.47 Å². The van der Waals surface area contributed by atoms with Crippen LogP contribution in [0.25, 0.3) is 10.9 Å². The number of rotatable bonds is 2. The minimum Gasteiger partial charge on any atom is -0.340 e. The van der Waals surface area contributed by atoms with Crippen molar-refractivity contribution in [3.8, 4) is 0 Å². The summed E-state index contributed by atoms with van der Waals surface area (Å²) in [5.41, 5.74) is 2.18. The molecule has 0 atom stereocenters. The lowest BCUT2D eigenvalue weighted by Gasteiger charge is -2.26. The average molecular weight is 270 g/mol. The fourth-order valence-electron chi connectivity index (χ4n) is 2.80. The fourth-order valence-corrected chi connectivity index (χ4v) is 2.80. The van der Waals surface area contributed by atoms with E-state index in [0.29, 0.717) is 32.5 Å². The summed E-state index contributed by atoms with van der Waals surface area (Å²) in [7, 11) is 0. The topological polar surface area (TPSA) is 42.3 Å². The second-order valence-corrected chi connectivity index (χ2v) is 5.35. The van der Waals surface area contributed by atoms with Gasteiger partial charge in [0.2, 0.25) is 5.91 Å². The van der Waals surface area contributed by atoms with Crippen LogP contribution in [0.2, 0.25) is 0 Å². The molecule has 1 amide bonds. The monoisotopic (exact) mass is 270 g/mol. The smallest absolute Gasteiger partial charge is 0.242 e. The van der Waals surface area contributed by atoms with Gasteiger partial charge in [-0.1, -0.05) is 18.2 Å². The molecule has 4 heteroatoms. The Labute approximate surface area is 118 Å². The highest BCUT2D eigenvalue weighted by atomic mass is 16.2. The van der Waals surface area contributed by atoms with Crippen LogP contribution in [0.5, 0.6) is 0 Å². The van der Waals surface area contributed by atoms with Crippen molar-refractivity contribution in [1.82, 2.24) is 9.47 Å². The van der Waals surface area contributed by atoms with Crippen LogP contribution in [0.1, 0.15) is 18.5 Å². The molecule has 1 saturated heterocycles. The Bertz CT molecular complexity index is 662. The number of amides is 1. The first kappa shape index (κ1) is 12.9. The Morgan fingerprint density at radius 1 is 1.20 bits per heavy atom. The fraction of sp³-hybridized carbons (Fsp3) is 0.375. The maximum absolute atomic E-state index is 12.4. The number of nitrogens with zero attached hydrogens (tertiary/aromatic N) is 2. The molecule has 20 heavy (non-hydrogen) atoms. The normalized spacial score (nSPS) is 15.8. The molecule has 104 valence electrons. The van der Waals surface area contributed by atoms with Crippen LogP contribution in [0, 0.1) is 6.92 Å². The molecule has 0 saturated carbocycles. The molecule has 0 radical (unpaired) electrons.